The zero-order valence-electron chi connectivity index (χ0n) is 7.01. The van der Waals surface area contributed by atoms with E-state index in [1.165, 1.54) is 12.1 Å². The summed E-state index contributed by atoms with van der Waals surface area (Å²) in [6.45, 7) is 0. The molecule has 0 saturated carbocycles. The van der Waals surface area contributed by atoms with Crippen molar-refractivity contribution in [2.24, 2.45) is 0 Å². The van der Waals surface area contributed by atoms with E-state index in [9.17, 15) is 10.0 Å². The van der Waals surface area contributed by atoms with Gasteiger partial charge in [-0.05, 0) is 16.5 Å². The fourth-order valence-electron chi connectivity index (χ4n) is 1.21. The van der Waals surface area contributed by atoms with Crippen LogP contribution in [0.4, 0.5) is 0 Å². The molecule has 14 heavy (non-hydrogen) atoms. The van der Waals surface area contributed by atoms with Crippen molar-refractivity contribution in [2.75, 3.05) is 0 Å². The Morgan fingerprint density at radius 3 is 3.14 bits per heavy atom. The van der Waals surface area contributed by atoms with Crippen LogP contribution in [0.25, 0.3) is 11.0 Å². The maximum Gasteiger partial charge on any atom is 0.307 e. The quantitative estimate of drug-likeness (QED) is 0.684. The van der Waals surface area contributed by atoms with Crippen LogP contribution in [0.5, 0.6) is 0 Å². The Kier molecular flexibility index (Phi) is 1.81. The average molecular weight is 194 g/mol. The van der Waals surface area contributed by atoms with Gasteiger partial charge in [0, 0.05) is 11.2 Å². The van der Waals surface area contributed by atoms with Crippen LogP contribution in [-0.4, -0.2) is 16.2 Å². The van der Waals surface area contributed by atoms with Crippen molar-refractivity contribution in [3.8, 4) is 0 Å². The molecule has 1 aromatic heterocycles. The normalized spacial score (nSPS) is 10.6. The minimum Gasteiger partial charge on any atom is -0.481 e. The minimum atomic E-state index is -0.928. The van der Waals surface area contributed by atoms with E-state index in [-0.39, 0.29) is 11.3 Å². The van der Waals surface area contributed by atoms with Gasteiger partial charge >= 0.3 is 5.97 Å². The summed E-state index contributed by atoms with van der Waals surface area (Å²) >= 11 is 0. The SMILES string of the molecule is O=C(O)Cc1ccc2c(c1)no[n+]2[O-]. The van der Waals surface area contributed by atoms with Gasteiger partial charge in [-0.2, -0.15) is 0 Å². The molecule has 2 aromatic rings. The number of carboxylic acids is 1. The van der Waals surface area contributed by atoms with Crippen molar-refractivity contribution in [1.82, 2.24) is 5.16 Å². The highest BCUT2D eigenvalue weighted by Gasteiger charge is 2.10. The third kappa shape index (κ3) is 1.37. The summed E-state index contributed by atoms with van der Waals surface area (Å²) in [5.74, 6) is -0.928. The molecular formula is C8H6N2O4. The number of fused-ring (bicyclic) bond motifs is 1. The molecule has 0 spiro atoms. The van der Waals surface area contributed by atoms with Crippen LogP contribution in [0.3, 0.4) is 0 Å². The van der Waals surface area contributed by atoms with Crippen molar-refractivity contribution >= 4 is 17.0 Å². The van der Waals surface area contributed by atoms with Gasteiger partial charge in [0.05, 0.1) is 6.42 Å². The molecule has 0 fully saturated rings. The first kappa shape index (κ1) is 8.49. The lowest BCUT2D eigenvalue weighted by Crippen LogP contribution is -2.22. The summed E-state index contributed by atoms with van der Waals surface area (Å²) in [6, 6.07) is 4.56. The van der Waals surface area contributed by atoms with Gasteiger partial charge in [-0.1, -0.05) is 6.07 Å². The number of hydrogen-bond donors (Lipinski definition) is 1. The highest BCUT2D eigenvalue weighted by molar-refractivity contribution is 5.75. The van der Waals surface area contributed by atoms with Crippen LogP contribution >= 0.6 is 0 Å². The van der Waals surface area contributed by atoms with E-state index in [4.69, 9.17) is 5.11 Å². The zero-order chi connectivity index (χ0) is 10.1. The summed E-state index contributed by atoms with van der Waals surface area (Å²) in [5.41, 5.74) is 1.23. The van der Waals surface area contributed by atoms with Crippen molar-refractivity contribution in [3.05, 3.63) is 29.0 Å². The third-order valence-corrected chi connectivity index (χ3v) is 1.81. The van der Waals surface area contributed by atoms with Gasteiger partial charge in [-0.15, -0.1) is 0 Å². The number of carboxylic acid groups (broad SMARTS) is 1. The molecule has 0 radical (unpaired) electrons. The van der Waals surface area contributed by atoms with E-state index in [1.807, 2.05) is 0 Å². The fraction of sp³-hybridized carbons (Fsp3) is 0.125. The number of benzene rings is 1. The first-order chi connectivity index (χ1) is 6.66. The summed E-state index contributed by atoms with van der Waals surface area (Å²) in [7, 11) is 0. The Morgan fingerprint density at radius 1 is 1.64 bits per heavy atom. The van der Waals surface area contributed by atoms with E-state index in [0.29, 0.717) is 16.6 Å². The lowest BCUT2D eigenvalue weighted by molar-refractivity contribution is -0.782. The Bertz CT molecular complexity index is 491. The molecule has 6 nitrogen and oxygen atoms in total. The summed E-state index contributed by atoms with van der Waals surface area (Å²) in [4.78, 5) is 10.7. The maximum absolute atomic E-state index is 10.9. The Hall–Kier alpha value is -2.11. The van der Waals surface area contributed by atoms with Crippen LogP contribution in [0, 0.1) is 5.21 Å². The molecule has 0 amide bonds. The molecule has 0 unspecified atom stereocenters. The summed E-state index contributed by atoms with van der Waals surface area (Å²) in [5, 5.41) is 22.9. The smallest absolute Gasteiger partial charge is 0.307 e. The Labute approximate surface area is 77.9 Å². The molecule has 72 valence electrons. The van der Waals surface area contributed by atoms with Crippen LogP contribution in [0.1, 0.15) is 5.56 Å². The predicted molar refractivity (Wildman–Crippen MR) is 44.3 cm³/mol. The van der Waals surface area contributed by atoms with Gasteiger partial charge in [-0.25, -0.2) is 0 Å². The molecule has 6 heteroatoms. The van der Waals surface area contributed by atoms with Gasteiger partial charge in [0.15, 0.2) is 0 Å². The molecule has 1 N–H and O–H groups in total. The number of carbonyl (C=O) groups is 1. The standard InChI is InChI=1S/C8H6N2O4/c11-8(12)4-5-1-2-7-6(3-5)9-14-10(7)13/h1-3H,4H2,(H,11,12). The van der Waals surface area contributed by atoms with Crippen LogP contribution < -0.4 is 4.90 Å². The number of nitrogens with zero attached hydrogens (tertiary/aromatic N) is 2. The van der Waals surface area contributed by atoms with E-state index in [0.717, 1.165) is 0 Å². The highest BCUT2D eigenvalue weighted by atomic mass is 16.8. The lowest BCUT2D eigenvalue weighted by atomic mass is 10.1. The Balaban J connectivity index is 2.46. The van der Waals surface area contributed by atoms with E-state index in [2.05, 4.69) is 9.79 Å². The first-order valence-corrected chi connectivity index (χ1v) is 3.87. The summed E-state index contributed by atoms with van der Waals surface area (Å²) in [6.07, 6.45) is -0.0956. The number of hydrogen-bond acceptors (Lipinski definition) is 4. The second-order valence-electron chi connectivity index (χ2n) is 2.82. The largest absolute Gasteiger partial charge is 0.481 e. The van der Waals surface area contributed by atoms with Gasteiger partial charge in [0.1, 0.15) is 0 Å². The molecule has 1 heterocycles. The highest BCUT2D eigenvalue weighted by Crippen LogP contribution is 2.10. The van der Waals surface area contributed by atoms with Crippen molar-refractivity contribution < 1.29 is 19.4 Å². The molecule has 0 aliphatic rings. The molecule has 0 aliphatic carbocycles. The Morgan fingerprint density at radius 2 is 2.43 bits per heavy atom. The molecule has 2 rings (SSSR count). The van der Waals surface area contributed by atoms with Gasteiger partial charge in [-0.3, -0.25) is 9.42 Å². The van der Waals surface area contributed by atoms with E-state index >= 15 is 0 Å². The predicted octanol–water partition coefficient (Wildman–Crippen LogP) is 0.0883. The fourth-order valence-corrected chi connectivity index (χ4v) is 1.21. The molecular weight excluding hydrogens is 188 g/mol. The van der Waals surface area contributed by atoms with Gasteiger partial charge < -0.3 is 10.3 Å². The molecule has 0 bridgehead atoms. The second kappa shape index (κ2) is 2.99. The number of rotatable bonds is 2. The number of aliphatic carboxylic acids is 1. The first-order valence-electron chi connectivity index (χ1n) is 3.87. The van der Waals surface area contributed by atoms with E-state index < -0.39 is 5.97 Å². The van der Waals surface area contributed by atoms with Crippen LogP contribution in [0.2, 0.25) is 0 Å². The molecule has 1 aromatic carbocycles. The monoisotopic (exact) mass is 194 g/mol. The second-order valence-corrected chi connectivity index (χ2v) is 2.82. The van der Waals surface area contributed by atoms with Crippen LogP contribution in [0.15, 0.2) is 22.8 Å². The molecule has 0 atom stereocenters. The number of aromatic nitrogens is 2. The van der Waals surface area contributed by atoms with Gasteiger partial charge in [0.25, 0.3) is 0 Å². The third-order valence-electron chi connectivity index (χ3n) is 1.81. The van der Waals surface area contributed by atoms with Crippen molar-refractivity contribution in [2.45, 2.75) is 6.42 Å². The van der Waals surface area contributed by atoms with Crippen molar-refractivity contribution in [1.29, 1.82) is 0 Å². The van der Waals surface area contributed by atoms with Crippen molar-refractivity contribution in [3.63, 3.8) is 0 Å². The topological polar surface area (TPSA) is 90.3 Å². The average Bonchev–Trinajstić information content (AvgIpc) is 2.46. The zero-order valence-corrected chi connectivity index (χ0v) is 7.01. The van der Waals surface area contributed by atoms with Gasteiger partial charge in [0.2, 0.25) is 11.0 Å². The molecule has 0 saturated heterocycles. The maximum atomic E-state index is 10.9. The minimum absolute atomic E-state index is 0.0956. The summed E-state index contributed by atoms with van der Waals surface area (Å²) < 4.78 is 4.34. The lowest BCUT2D eigenvalue weighted by Gasteiger charge is -1.93. The molecule has 0 aliphatic heterocycles. The van der Waals surface area contributed by atoms with E-state index in [1.54, 1.807) is 6.07 Å². The van der Waals surface area contributed by atoms with Crippen LogP contribution in [-0.2, 0) is 11.2 Å².